The van der Waals surface area contributed by atoms with E-state index in [0.717, 1.165) is 27.5 Å². The molecule has 0 saturated heterocycles. The van der Waals surface area contributed by atoms with E-state index in [1.807, 2.05) is 37.2 Å². The molecule has 0 radical (unpaired) electrons. The van der Waals surface area contributed by atoms with Crippen molar-refractivity contribution in [1.29, 1.82) is 0 Å². The maximum atomic E-state index is 13.1. The van der Waals surface area contributed by atoms with Crippen molar-refractivity contribution in [2.24, 2.45) is 14.1 Å². The van der Waals surface area contributed by atoms with Gasteiger partial charge in [-0.2, -0.15) is 5.10 Å². The Labute approximate surface area is 182 Å². The highest BCUT2D eigenvalue weighted by Gasteiger charge is 2.20. The Balaban J connectivity index is 1.81. The number of fused-ring (bicyclic) bond motifs is 3. The first-order valence-electron chi connectivity index (χ1n) is 9.54. The summed E-state index contributed by atoms with van der Waals surface area (Å²) < 4.78 is 4.73. The molecule has 1 aromatic carbocycles. The van der Waals surface area contributed by atoms with Gasteiger partial charge in [-0.25, -0.2) is 14.8 Å². The van der Waals surface area contributed by atoms with E-state index in [2.05, 4.69) is 20.1 Å². The molecule has 0 saturated carbocycles. The van der Waals surface area contributed by atoms with Gasteiger partial charge < -0.3 is 4.90 Å². The summed E-state index contributed by atoms with van der Waals surface area (Å²) in [4.78, 5) is 28.3. The van der Waals surface area contributed by atoms with Crippen molar-refractivity contribution < 1.29 is 0 Å². The Morgan fingerprint density at radius 1 is 1.00 bits per heavy atom. The van der Waals surface area contributed by atoms with Crippen molar-refractivity contribution in [3.05, 3.63) is 58.6 Å². The fraction of sp³-hybridized carbons (Fsp3) is 0.190. The molecule has 9 nitrogen and oxygen atoms in total. The van der Waals surface area contributed by atoms with Crippen molar-refractivity contribution in [2.75, 3.05) is 19.0 Å². The molecule has 0 aliphatic rings. The fourth-order valence-corrected chi connectivity index (χ4v) is 3.95. The van der Waals surface area contributed by atoms with Crippen molar-refractivity contribution in [3.8, 4) is 16.8 Å². The second-order valence-corrected chi connectivity index (χ2v) is 7.90. The van der Waals surface area contributed by atoms with Crippen LogP contribution >= 0.6 is 11.6 Å². The lowest BCUT2D eigenvalue weighted by molar-refractivity contribution is 0.767. The maximum absolute atomic E-state index is 13.1. The van der Waals surface area contributed by atoms with Crippen molar-refractivity contribution in [1.82, 2.24) is 33.9 Å². The summed E-state index contributed by atoms with van der Waals surface area (Å²) in [6.07, 6.45) is 7.00. The Kier molecular flexibility index (Phi) is 4.30. The molecule has 4 heterocycles. The molecule has 0 spiro atoms. The first kappa shape index (κ1) is 19.3. The van der Waals surface area contributed by atoms with Gasteiger partial charge in [0, 0.05) is 51.5 Å². The molecule has 0 aliphatic carbocycles. The number of aryl methyl sites for hydroxylation is 2. The van der Waals surface area contributed by atoms with Crippen molar-refractivity contribution in [2.45, 2.75) is 0 Å². The van der Waals surface area contributed by atoms with E-state index < -0.39 is 0 Å². The summed E-state index contributed by atoms with van der Waals surface area (Å²) in [5.41, 5.74) is 4.29. The number of hydrogen-bond acceptors (Lipinski definition) is 6. The first-order chi connectivity index (χ1) is 14.8. The highest BCUT2D eigenvalue weighted by Crippen LogP contribution is 2.30. The van der Waals surface area contributed by atoms with Crippen LogP contribution in [-0.4, -0.2) is 48.0 Å². The SMILES string of the molecule is CN(C)c1ncc(-c2ccc3ncc4c(c3c2)n(-c2cn(C)nc2Cl)c(=O)n4C)cn1. The zero-order valence-corrected chi connectivity index (χ0v) is 18.2. The third kappa shape index (κ3) is 2.97. The molecule has 0 atom stereocenters. The standard InChI is InChI=1S/C21H19ClN8O/c1-27(2)20-24-8-13(9-25-20)12-5-6-15-14(7-12)18-16(10-23-15)29(4)21(31)30(18)17-11-28(3)26-19(17)22/h5-11H,1-4H3. The Morgan fingerprint density at radius 2 is 1.74 bits per heavy atom. The third-order valence-electron chi connectivity index (χ3n) is 5.26. The lowest BCUT2D eigenvalue weighted by Gasteiger charge is -2.10. The predicted octanol–water partition coefficient (Wildman–Crippen LogP) is 2.79. The normalized spacial score (nSPS) is 11.5. The number of aromatic nitrogens is 7. The maximum Gasteiger partial charge on any atom is 0.333 e. The van der Waals surface area contributed by atoms with E-state index in [0.29, 0.717) is 17.2 Å². The molecular weight excluding hydrogens is 416 g/mol. The van der Waals surface area contributed by atoms with Crippen molar-refractivity contribution >= 4 is 39.5 Å². The van der Waals surface area contributed by atoms with Crippen LogP contribution in [0, 0.1) is 0 Å². The number of pyridine rings is 1. The third-order valence-corrected chi connectivity index (χ3v) is 5.53. The van der Waals surface area contributed by atoms with E-state index in [1.54, 1.807) is 52.7 Å². The zero-order valence-electron chi connectivity index (χ0n) is 17.4. The second kappa shape index (κ2) is 6.92. The lowest BCUT2D eigenvalue weighted by atomic mass is 10.1. The van der Waals surface area contributed by atoms with Crippen LogP contribution in [-0.2, 0) is 14.1 Å². The van der Waals surface area contributed by atoms with Gasteiger partial charge in [-0.15, -0.1) is 0 Å². The number of halogens is 1. The Bertz CT molecular complexity index is 1510. The monoisotopic (exact) mass is 434 g/mol. The second-order valence-electron chi connectivity index (χ2n) is 7.55. The van der Waals surface area contributed by atoms with Gasteiger partial charge in [0.1, 0.15) is 5.69 Å². The molecule has 0 bridgehead atoms. The number of rotatable bonds is 3. The van der Waals surface area contributed by atoms with E-state index >= 15 is 0 Å². The highest BCUT2D eigenvalue weighted by atomic mass is 35.5. The Hall–Kier alpha value is -3.72. The summed E-state index contributed by atoms with van der Waals surface area (Å²) in [6.45, 7) is 0. The van der Waals surface area contributed by atoms with Crippen LogP contribution in [0.25, 0.3) is 38.8 Å². The van der Waals surface area contributed by atoms with Crippen LogP contribution in [0.4, 0.5) is 5.95 Å². The van der Waals surface area contributed by atoms with Gasteiger partial charge in [-0.05, 0) is 17.7 Å². The minimum absolute atomic E-state index is 0.219. The van der Waals surface area contributed by atoms with Gasteiger partial charge in [-0.1, -0.05) is 17.7 Å². The topological polar surface area (TPSA) is 86.7 Å². The molecule has 0 N–H and O–H groups in total. The first-order valence-corrected chi connectivity index (χ1v) is 9.92. The van der Waals surface area contributed by atoms with Gasteiger partial charge in [-0.3, -0.25) is 18.8 Å². The van der Waals surface area contributed by atoms with Crippen molar-refractivity contribution in [3.63, 3.8) is 0 Å². The minimum Gasteiger partial charge on any atom is -0.347 e. The molecule has 0 unspecified atom stereocenters. The van der Waals surface area contributed by atoms with E-state index in [9.17, 15) is 4.79 Å². The quantitative estimate of drug-likeness (QED) is 0.434. The Morgan fingerprint density at radius 3 is 2.39 bits per heavy atom. The van der Waals surface area contributed by atoms with E-state index in [4.69, 9.17) is 11.6 Å². The van der Waals surface area contributed by atoms with Gasteiger partial charge >= 0.3 is 5.69 Å². The summed E-state index contributed by atoms with van der Waals surface area (Å²) >= 11 is 6.34. The molecule has 156 valence electrons. The molecular formula is C21H19ClN8O. The number of nitrogens with zero attached hydrogens (tertiary/aromatic N) is 8. The zero-order chi connectivity index (χ0) is 21.9. The lowest BCUT2D eigenvalue weighted by Crippen LogP contribution is -2.20. The molecule has 0 amide bonds. The van der Waals surface area contributed by atoms with E-state index in [1.165, 1.54) is 0 Å². The summed E-state index contributed by atoms with van der Waals surface area (Å²) in [5, 5.41) is 5.27. The van der Waals surface area contributed by atoms with Crippen LogP contribution < -0.4 is 10.6 Å². The molecule has 31 heavy (non-hydrogen) atoms. The number of benzene rings is 1. The summed E-state index contributed by atoms with van der Waals surface area (Å²) in [5.74, 6) is 0.636. The molecule has 5 aromatic rings. The number of imidazole rings is 1. The van der Waals surface area contributed by atoms with Gasteiger partial charge in [0.25, 0.3) is 0 Å². The van der Waals surface area contributed by atoms with Crippen LogP contribution in [0.5, 0.6) is 0 Å². The van der Waals surface area contributed by atoms with Crippen LogP contribution in [0.3, 0.4) is 0 Å². The minimum atomic E-state index is -0.219. The molecule has 5 rings (SSSR count). The summed E-state index contributed by atoms with van der Waals surface area (Å²) in [7, 11) is 7.27. The van der Waals surface area contributed by atoms with E-state index in [-0.39, 0.29) is 10.8 Å². The van der Waals surface area contributed by atoms with Crippen LogP contribution in [0.1, 0.15) is 0 Å². The summed E-state index contributed by atoms with van der Waals surface area (Å²) in [6, 6.07) is 5.90. The van der Waals surface area contributed by atoms with Gasteiger partial charge in [0.05, 0.1) is 28.9 Å². The number of hydrogen-bond donors (Lipinski definition) is 0. The predicted molar refractivity (Wildman–Crippen MR) is 121 cm³/mol. The number of anilines is 1. The largest absolute Gasteiger partial charge is 0.347 e. The average Bonchev–Trinajstić information content (AvgIpc) is 3.22. The van der Waals surface area contributed by atoms with Gasteiger partial charge in [0.2, 0.25) is 5.95 Å². The van der Waals surface area contributed by atoms with Crippen LogP contribution in [0.15, 0.2) is 47.8 Å². The average molecular weight is 435 g/mol. The van der Waals surface area contributed by atoms with Crippen LogP contribution in [0.2, 0.25) is 5.15 Å². The highest BCUT2D eigenvalue weighted by molar-refractivity contribution is 6.31. The molecule has 10 heteroatoms. The van der Waals surface area contributed by atoms with Gasteiger partial charge in [0.15, 0.2) is 5.15 Å². The molecule has 0 aliphatic heterocycles. The smallest absolute Gasteiger partial charge is 0.333 e. The molecule has 4 aromatic heterocycles. The molecule has 0 fully saturated rings. The fourth-order valence-electron chi connectivity index (χ4n) is 3.70.